The molecule has 0 aromatic heterocycles. The molecule has 0 spiro atoms. The van der Waals surface area contributed by atoms with Gasteiger partial charge in [0.1, 0.15) is 6.07 Å². The summed E-state index contributed by atoms with van der Waals surface area (Å²) in [6.45, 7) is 2.24. The summed E-state index contributed by atoms with van der Waals surface area (Å²) in [6.07, 6.45) is 18.9. The predicted octanol–water partition coefficient (Wildman–Crippen LogP) is 7.48. The number of hydrogen-bond acceptors (Lipinski definition) is 1. The van der Waals surface area contributed by atoms with Crippen LogP contribution in [0.3, 0.4) is 0 Å². The molecule has 0 amide bonds. The third kappa shape index (κ3) is 8.57. The fraction of sp³-hybridized carbons (Fsp3) is 0.560. The molecule has 27 heavy (non-hydrogen) atoms. The molecule has 0 bridgehead atoms. The van der Waals surface area contributed by atoms with E-state index in [0.717, 1.165) is 5.92 Å². The van der Waals surface area contributed by atoms with Gasteiger partial charge in [0.05, 0.1) is 0 Å². The van der Waals surface area contributed by atoms with E-state index < -0.39 is 5.83 Å². The molecule has 1 aromatic rings. The Kier molecular flexibility index (Phi) is 9.91. The molecule has 2 heteroatoms. The van der Waals surface area contributed by atoms with E-state index in [0.29, 0.717) is 5.92 Å². The van der Waals surface area contributed by atoms with Crippen molar-refractivity contribution in [2.24, 2.45) is 11.8 Å². The Balaban J connectivity index is 1.58. The first-order chi connectivity index (χ1) is 13.2. The van der Waals surface area contributed by atoms with Crippen LogP contribution in [0.25, 0.3) is 0 Å². The first-order valence-corrected chi connectivity index (χ1v) is 10.7. The molecule has 0 radical (unpaired) electrons. The summed E-state index contributed by atoms with van der Waals surface area (Å²) in [6, 6.07) is 10.7. The second-order valence-electron chi connectivity index (χ2n) is 7.96. The summed E-state index contributed by atoms with van der Waals surface area (Å²) in [5, 5.41) is 8.40. The maximum absolute atomic E-state index is 12.8. The molecule has 0 unspecified atom stereocenters. The molecule has 0 atom stereocenters. The molecule has 1 aliphatic rings. The zero-order valence-corrected chi connectivity index (χ0v) is 16.8. The minimum absolute atomic E-state index is 0.551. The fourth-order valence-electron chi connectivity index (χ4n) is 4.02. The summed E-state index contributed by atoms with van der Waals surface area (Å²) in [5.41, 5.74) is 2.94. The molecular formula is C25H34FN. The summed E-state index contributed by atoms with van der Waals surface area (Å²) >= 11 is 0. The molecule has 1 aromatic carbocycles. The van der Waals surface area contributed by atoms with E-state index in [1.807, 2.05) is 0 Å². The minimum atomic E-state index is -0.712. The van der Waals surface area contributed by atoms with Crippen molar-refractivity contribution >= 4 is 0 Å². The van der Waals surface area contributed by atoms with Crippen LogP contribution in [-0.4, -0.2) is 0 Å². The van der Waals surface area contributed by atoms with Crippen LogP contribution in [0, 0.1) is 23.2 Å². The molecule has 0 aliphatic heterocycles. The maximum atomic E-state index is 12.8. The van der Waals surface area contributed by atoms with Gasteiger partial charge < -0.3 is 0 Å². The quantitative estimate of drug-likeness (QED) is 0.239. The molecule has 146 valence electrons. The van der Waals surface area contributed by atoms with Gasteiger partial charge in [0, 0.05) is 0 Å². The van der Waals surface area contributed by atoms with Gasteiger partial charge in [-0.2, -0.15) is 9.65 Å². The Morgan fingerprint density at radius 2 is 1.67 bits per heavy atom. The monoisotopic (exact) mass is 367 g/mol. The van der Waals surface area contributed by atoms with E-state index in [1.54, 1.807) is 6.08 Å². The van der Waals surface area contributed by atoms with Crippen LogP contribution in [0.4, 0.5) is 4.39 Å². The van der Waals surface area contributed by atoms with E-state index >= 15 is 0 Å². The van der Waals surface area contributed by atoms with E-state index in [9.17, 15) is 4.39 Å². The van der Waals surface area contributed by atoms with Gasteiger partial charge in [-0.25, -0.2) is 0 Å². The van der Waals surface area contributed by atoms with Crippen LogP contribution < -0.4 is 0 Å². The molecule has 2 rings (SSSR count). The number of nitrogens with zero attached hydrogens (tertiary/aromatic N) is 1. The zero-order chi connectivity index (χ0) is 19.3. The Bertz CT molecular complexity index is 627. The molecule has 0 saturated heterocycles. The zero-order valence-electron chi connectivity index (χ0n) is 16.8. The van der Waals surface area contributed by atoms with Gasteiger partial charge in [-0.1, -0.05) is 62.6 Å². The number of halogens is 1. The van der Waals surface area contributed by atoms with Crippen molar-refractivity contribution in [3.05, 3.63) is 59.4 Å². The number of benzene rings is 1. The van der Waals surface area contributed by atoms with Crippen molar-refractivity contribution in [3.63, 3.8) is 0 Å². The summed E-state index contributed by atoms with van der Waals surface area (Å²) in [5.74, 6) is 0.697. The van der Waals surface area contributed by atoms with E-state index in [-0.39, 0.29) is 0 Å². The minimum Gasteiger partial charge on any atom is -0.195 e. The SMILES string of the molecule is CCCCc1ccc(CCCC[C@H]2CC[C@H](C=CC=C(F)C#N)CC2)cc1. The molecule has 1 saturated carbocycles. The second-order valence-corrected chi connectivity index (χ2v) is 7.96. The van der Waals surface area contributed by atoms with E-state index in [1.165, 1.54) is 93.9 Å². The lowest BCUT2D eigenvalue weighted by Gasteiger charge is -2.26. The largest absolute Gasteiger partial charge is 0.199 e. The molecule has 1 aliphatic carbocycles. The number of rotatable bonds is 10. The third-order valence-corrected chi connectivity index (χ3v) is 5.79. The Morgan fingerprint density at radius 3 is 2.26 bits per heavy atom. The Hall–Kier alpha value is -1.88. The van der Waals surface area contributed by atoms with Crippen molar-refractivity contribution in [2.75, 3.05) is 0 Å². The van der Waals surface area contributed by atoms with Crippen LogP contribution in [0.1, 0.15) is 75.8 Å². The normalized spacial score (nSPS) is 20.7. The van der Waals surface area contributed by atoms with Gasteiger partial charge >= 0.3 is 0 Å². The second kappa shape index (κ2) is 12.5. The topological polar surface area (TPSA) is 23.8 Å². The molecule has 1 fully saturated rings. The van der Waals surface area contributed by atoms with Crippen LogP contribution in [0.2, 0.25) is 0 Å². The standard InChI is InChI=1S/C25H34FN/c1-2-3-7-21-12-14-22(15-13-21)8-4-5-9-23-16-18-24(19-17-23)10-6-11-25(26)20-27/h6,10-15,23-24H,2-5,7-9,16-19H2,1H3/t23-,24-. The summed E-state index contributed by atoms with van der Waals surface area (Å²) < 4.78 is 12.8. The van der Waals surface area contributed by atoms with Crippen molar-refractivity contribution in [3.8, 4) is 6.07 Å². The predicted molar refractivity (Wildman–Crippen MR) is 112 cm³/mol. The van der Waals surface area contributed by atoms with Gasteiger partial charge in [0.2, 0.25) is 0 Å². The first-order valence-electron chi connectivity index (χ1n) is 10.7. The number of nitriles is 1. The lowest BCUT2D eigenvalue weighted by molar-refractivity contribution is 0.289. The lowest BCUT2D eigenvalue weighted by Crippen LogP contribution is -2.13. The summed E-state index contributed by atoms with van der Waals surface area (Å²) in [7, 11) is 0. The highest BCUT2D eigenvalue weighted by Gasteiger charge is 2.18. The lowest BCUT2D eigenvalue weighted by atomic mass is 9.79. The highest BCUT2D eigenvalue weighted by molar-refractivity contribution is 5.22. The molecule has 0 N–H and O–H groups in total. The molecular weight excluding hydrogens is 333 g/mol. The number of aryl methyl sites for hydroxylation is 2. The van der Waals surface area contributed by atoms with Crippen LogP contribution in [0.5, 0.6) is 0 Å². The average Bonchev–Trinajstić information content (AvgIpc) is 2.71. The smallest absolute Gasteiger partial charge is 0.195 e. The van der Waals surface area contributed by atoms with Crippen molar-refractivity contribution in [1.82, 2.24) is 0 Å². The van der Waals surface area contributed by atoms with Gasteiger partial charge in [-0.15, -0.1) is 0 Å². The molecule has 0 heterocycles. The molecule has 1 nitrogen and oxygen atoms in total. The Labute approximate surface area is 165 Å². The Morgan fingerprint density at radius 1 is 1.04 bits per heavy atom. The van der Waals surface area contributed by atoms with Gasteiger partial charge in [0.15, 0.2) is 5.83 Å². The van der Waals surface area contributed by atoms with E-state index in [4.69, 9.17) is 5.26 Å². The highest BCUT2D eigenvalue weighted by Crippen LogP contribution is 2.32. The van der Waals surface area contributed by atoms with Crippen LogP contribution >= 0.6 is 0 Å². The summed E-state index contributed by atoms with van der Waals surface area (Å²) in [4.78, 5) is 0. The average molecular weight is 368 g/mol. The number of unbranched alkanes of at least 4 members (excludes halogenated alkanes) is 2. The maximum Gasteiger partial charge on any atom is 0.199 e. The fourth-order valence-corrected chi connectivity index (χ4v) is 4.02. The van der Waals surface area contributed by atoms with Crippen molar-refractivity contribution in [2.45, 2.75) is 77.6 Å². The van der Waals surface area contributed by atoms with E-state index in [2.05, 4.69) is 37.3 Å². The van der Waals surface area contributed by atoms with Gasteiger partial charge in [0.25, 0.3) is 0 Å². The van der Waals surface area contributed by atoms with Gasteiger partial charge in [-0.3, -0.25) is 0 Å². The van der Waals surface area contributed by atoms with Crippen LogP contribution in [0.15, 0.2) is 48.3 Å². The van der Waals surface area contributed by atoms with Crippen molar-refractivity contribution in [1.29, 1.82) is 5.26 Å². The van der Waals surface area contributed by atoms with Crippen LogP contribution in [-0.2, 0) is 12.8 Å². The van der Waals surface area contributed by atoms with Gasteiger partial charge in [-0.05, 0) is 80.4 Å². The third-order valence-electron chi connectivity index (χ3n) is 5.79. The number of hydrogen-bond donors (Lipinski definition) is 0. The number of allylic oxidation sites excluding steroid dienone is 4. The highest BCUT2D eigenvalue weighted by atomic mass is 19.1. The van der Waals surface area contributed by atoms with Crippen molar-refractivity contribution < 1.29 is 4.39 Å². The first kappa shape index (κ1) is 21.4.